The van der Waals surface area contributed by atoms with E-state index in [0.717, 1.165) is 14.5 Å². The SMILES string of the molecule is CCCOc1ccc(C(=O)Oc2ccc(Br)cc2C=NNC(=O)CNC(=O)c2ccccc2I)cc1. The smallest absolute Gasteiger partial charge is 0.343 e. The maximum atomic E-state index is 12.6. The zero-order chi connectivity index (χ0) is 25.9. The fourth-order valence-electron chi connectivity index (χ4n) is 2.89. The molecule has 0 bridgehead atoms. The number of ether oxygens (including phenoxy) is 2. The number of benzene rings is 3. The Bertz CT molecular complexity index is 1260. The number of carbonyl (C=O) groups excluding carboxylic acids is 3. The highest BCUT2D eigenvalue weighted by molar-refractivity contribution is 14.1. The summed E-state index contributed by atoms with van der Waals surface area (Å²) in [6.07, 6.45) is 2.24. The Morgan fingerprint density at radius 1 is 1.06 bits per heavy atom. The van der Waals surface area contributed by atoms with Crippen LogP contribution in [0.2, 0.25) is 0 Å². The predicted octanol–water partition coefficient (Wildman–Crippen LogP) is 4.94. The second-order valence-corrected chi connectivity index (χ2v) is 9.48. The van der Waals surface area contributed by atoms with Gasteiger partial charge in [0.15, 0.2) is 0 Å². The maximum Gasteiger partial charge on any atom is 0.343 e. The molecule has 0 aliphatic heterocycles. The molecule has 10 heteroatoms. The first-order valence-electron chi connectivity index (χ1n) is 11.0. The van der Waals surface area contributed by atoms with E-state index < -0.39 is 11.9 Å². The summed E-state index contributed by atoms with van der Waals surface area (Å²) in [5.41, 5.74) is 3.66. The van der Waals surface area contributed by atoms with Crippen molar-refractivity contribution in [3.8, 4) is 11.5 Å². The van der Waals surface area contributed by atoms with Crippen LogP contribution in [-0.2, 0) is 4.79 Å². The van der Waals surface area contributed by atoms with Gasteiger partial charge in [-0.1, -0.05) is 35.0 Å². The molecule has 2 N–H and O–H groups in total. The molecular weight excluding hydrogens is 641 g/mol. The highest BCUT2D eigenvalue weighted by Crippen LogP contribution is 2.23. The molecular formula is C26H23BrIN3O5. The van der Waals surface area contributed by atoms with Gasteiger partial charge in [0.2, 0.25) is 0 Å². The number of rotatable bonds is 10. The van der Waals surface area contributed by atoms with Gasteiger partial charge in [0.05, 0.1) is 30.5 Å². The lowest BCUT2D eigenvalue weighted by Gasteiger charge is -2.09. The van der Waals surface area contributed by atoms with Crippen molar-refractivity contribution in [3.05, 3.63) is 91.5 Å². The summed E-state index contributed by atoms with van der Waals surface area (Å²) in [5.74, 6) is -0.471. The van der Waals surface area contributed by atoms with Crippen LogP contribution in [0.5, 0.6) is 11.5 Å². The number of nitrogens with one attached hydrogen (secondary N) is 2. The second-order valence-electron chi connectivity index (χ2n) is 7.40. The number of carbonyl (C=O) groups is 3. The van der Waals surface area contributed by atoms with Crippen molar-refractivity contribution in [2.45, 2.75) is 13.3 Å². The van der Waals surface area contributed by atoms with Gasteiger partial charge in [-0.05, 0) is 83.6 Å². The molecule has 0 heterocycles. The quantitative estimate of drug-likeness (QED) is 0.105. The Kier molecular flexibility index (Phi) is 10.4. The van der Waals surface area contributed by atoms with E-state index in [-0.39, 0.29) is 18.2 Å². The summed E-state index contributed by atoms with van der Waals surface area (Å²) in [5, 5.41) is 6.48. The van der Waals surface area contributed by atoms with Crippen LogP contribution in [0.1, 0.15) is 39.6 Å². The minimum absolute atomic E-state index is 0.251. The Morgan fingerprint density at radius 2 is 1.81 bits per heavy atom. The number of hydrogen-bond donors (Lipinski definition) is 2. The van der Waals surface area contributed by atoms with Crippen LogP contribution in [0.3, 0.4) is 0 Å². The third-order valence-corrected chi connectivity index (χ3v) is 6.09. The van der Waals surface area contributed by atoms with Crippen LogP contribution in [0.25, 0.3) is 0 Å². The fraction of sp³-hybridized carbons (Fsp3) is 0.154. The van der Waals surface area contributed by atoms with Crippen LogP contribution < -0.4 is 20.2 Å². The van der Waals surface area contributed by atoms with Crippen LogP contribution in [-0.4, -0.2) is 37.1 Å². The lowest BCUT2D eigenvalue weighted by molar-refractivity contribution is -0.120. The van der Waals surface area contributed by atoms with E-state index in [1.165, 1.54) is 6.21 Å². The summed E-state index contributed by atoms with van der Waals surface area (Å²) < 4.78 is 12.6. The molecule has 0 aliphatic carbocycles. The van der Waals surface area contributed by atoms with Gasteiger partial charge >= 0.3 is 5.97 Å². The summed E-state index contributed by atoms with van der Waals surface area (Å²) in [6.45, 7) is 2.36. The molecule has 0 spiro atoms. The van der Waals surface area contributed by atoms with Crippen molar-refractivity contribution in [1.82, 2.24) is 10.7 Å². The molecule has 0 unspecified atom stereocenters. The van der Waals surface area contributed by atoms with Crippen molar-refractivity contribution in [2.24, 2.45) is 5.10 Å². The van der Waals surface area contributed by atoms with Crippen LogP contribution in [0.4, 0.5) is 0 Å². The van der Waals surface area contributed by atoms with E-state index in [4.69, 9.17) is 9.47 Å². The topological polar surface area (TPSA) is 106 Å². The van der Waals surface area contributed by atoms with Gasteiger partial charge in [-0.25, -0.2) is 10.2 Å². The minimum Gasteiger partial charge on any atom is -0.494 e. The zero-order valence-corrected chi connectivity index (χ0v) is 23.0. The lowest BCUT2D eigenvalue weighted by atomic mass is 10.2. The molecule has 3 rings (SSSR count). The summed E-state index contributed by atoms with van der Waals surface area (Å²) in [4.78, 5) is 37.0. The largest absolute Gasteiger partial charge is 0.494 e. The standard InChI is InChI=1S/C26H23BrIN3O5/c1-2-13-35-20-10-7-17(8-11-20)26(34)36-23-12-9-19(27)14-18(23)15-30-31-24(32)16-29-25(33)21-5-3-4-6-22(21)28/h3-12,14-15H,2,13,16H2,1H3,(H,29,33)(H,31,32). The van der Waals surface area contributed by atoms with Crippen molar-refractivity contribution in [2.75, 3.05) is 13.2 Å². The first-order chi connectivity index (χ1) is 17.4. The molecule has 8 nitrogen and oxygen atoms in total. The molecule has 0 saturated heterocycles. The Balaban J connectivity index is 1.58. The second kappa shape index (κ2) is 13.7. The Labute approximate surface area is 230 Å². The van der Waals surface area contributed by atoms with Crippen LogP contribution in [0, 0.1) is 3.57 Å². The average Bonchev–Trinajstić information content (AvgIpc) is 2.88. The van der Waals surface area contributed by atoms with Gasteiger partial charge < -0.3 is 14.8 Å². The zero-order valence-electron chi connectivity index (χ0n) is 19.3. The molecule has 0 saturated carbocycles. The van der Waals surface area contributed by atoms with Crippen molar-refractivity contribution in [1.29, 1.82) is 0 Å². The van der Waals surface area contributed by atoms with Gasteiger partial charge in [-0.15, -0.1) is 0 Å². The van der Waals surface area contributed by atoms with E-state index in [2.05, 4.69) is 54.4 Å². The monoisotopic (exact) mass is 663 g/mol. The van der Waals surface area contributed by atoms with Gasteiger partial charge in [0.25, 0.3) is 11.8 Å². The average molecular weight is 664 g/mol. The van der Waals surface area contributed by atoms with Crippen molar-refractivity contribution >= 4 is 62.5 Å². The number of nitrogens with zero attached hydrogens (tertiary/aromatic N) is 1. The van der Waals surface area contributed by atoms with Crippen LogP contribution in [0.15, 0.2) is 76.3 Å². The van der Waals surface area contributed by atoms with E-state index in [1.54, 1.807) is 60.7 Å². The highest BCUT2D eigenvalue weighted by Gasteiger charge is 2.13. The number of halogens is 2. The Hall–Kier alpha value is -3.25. The normalized spacial score (nSPS) is 10.6. The first kappa shape index (κ1) is 27.3. The highest BCUT2D eigenvalue weighted by atomic mass is 127. The van der Waals surface area contributed by atoms with Crippen molar-refractivity contribution in [3.63, 3.8) is 0 Å². The fourth-order valence-corrected chi connectivity index (χ4v) is 3.90. The number of amides is 2. The molecule has 36 heavy (non-hydrogen) atoms. The molecule has 0 aliphatic rings. The predicted molar refractivity (Wildman–Crippen MR) is 149 cm³/mol. The number of esters is 1. The third-order valence-electron chi connectivity index (χ3n) is 4.66. The van der Waals surface area contributed by atoms with Gasteiger partial charge in [-0.2, -0.15) is 5.10 Å². The summed E-state index contributed by atoms with van der Waals surface area (Å²) in [6, 6.07) is 18.8. The van der Waals surface area contributed by atoms with E-state index in [1.807, 2.05) is 13.0 Å². The third kappa shape index (κ3) is 8.16. The summed E-state index contributed by atoms with van der Waals surface area (Å²) >= 11 is 5.43. The molecule has 0 radical (unpaired) electrons. The molecule has 2 amide bonds. The molecule has 0 aromatic heterocycles. The van der Waals surface area contributed by atoms with E-state index in [9.17, 15) is 14.4 Å². The maximum absolute atomic E-state index is 12.6. The minimum atomic E-state index is -0.545. The molecule has 186 valence electrons. The van der Waals surface area contributed by atoms with E-state index in [0.29, 0.717) is 29.0 Å². The van der Waals surface area contributed by atoms with Gasteiger partial charge in [-0.3, -0.25) is 9.59 Å². The molecule has 3 aromatic carbocycles. The van der Waals surface area contributed by atoms with Gasteiger partial charge in [0, 0.05) is 13.6 Å². The first-order valence-corrected chi connectivity index (χ1v) is 12.8. The molecule has 0 atom stereocenters. The van der Waals surface area contributed by atoms with Crippen LogP contribution >= 0.6 is 38.5 Å². The number of hydrazone groups is 1. The van der Waals surface area contributed by atoms with Gasteiger partial charge in [0.1, 0.15) is 11.5 Å². The number of hydrogen-bond acceptors (Lipinski definition) is 6. The molecule has 0 fully saturated rings. The van der Waals surface area contributed by atoms with Crippen molar-refractivity contribution < 1.29 is 23.9 Å². The molecule has 3 aromatic rings. The lowest BCUT2D eigenvalue weighted by Crippen LogP contribution is -2.35. The van der Waals surface area contributed by atoms with E-state index >= 15 is 0 Å². The summed E-state index contributed by atoms with van der Waals surface area (Å²) in [7, 11) is 0. The Morgan fingerprint density at radius 3 is 2.53 bits per heavy atom.